The first-order valence-electron chi connectivity index (χ1n) is 6.90. The van der Waals surface area contributed by atoms with Gasteiger partial charge in [0.2, 0.25) is 6.29 Å². The van der Waals surface area contributed by atoms with E-state index in [2.05, 4.69) is 46.2 Å². The first-order valence-corrected chi connectivity index (χ1v) is 6.90. The van der Waals surface area contributed by atoms with Gasteiger partial charge in [0.25, 0.3) is 0 Å². The number of benzene rings is 1. The van der Waals surface area contributed by atoms with E-state index in [1.54, 1.807) is 11.3 Å². The third-order valence-corrected chi connectivity index (χ3v) is 3.37. The first kappa shape index (κ1) is 14.3. The van der Waals surface area contributed by atoms with Crippen LogP contribution in [0.4, 0.5) is 11.4 Å². The summed E-state index contributed by atoms with van der Waals surface area (Å²) in [5.41, 5.74) is 2.07. The Balaban J connectivity index is 2.04. The highest BCUT2D eigenvalue weighted by Gasteiger charge is 2.20. The SMILES string of the molecule is CCN(CC)c1ccc(N=NC2N(C)C=NN2C)cc1. The largest absolute Gasteiger partial charge is 0.372 e. The Hall–Kier alpha value is -2.11. The molecule has 0 saturated carbocycles. The van der Waals surface area contributed by atoms with E-state index in [-0.39, 0.29) is 6.29 Å². The molecule has 0 bridgehead atoms. The van der Waals surface area contributed by atoms with Gasteiger partial charge in [-0.25, -0.2) is 0 Å². The van der Waals surface area contributed by atoms with Gasteiger partial charge in [-0.15, -0.1) is 5.11 Å². The fraction of sp³-hybridized carbons (Fsp3) is 0.500. The number of azo groups is 1. The predicted octanol–water partition coefficient (Wildman–Crippen LogP) is 2.72. The van der Waals surface area contributed by atoms with Crippen molar-refractivity contribution < 1.29 is 0 Å². The van der Waals surface area contributed by atoms with Crippen LogP contribution in [0.3, 0.4) is 0 Å². The van der Waals surface area contributed by atoms with Crippen molar-refractivity contribution in [3.8, 4) is 0 Å². The molecule has 0 amide bonds. The van der Waals surface area contributed by atoms with E-state index in [1.165, 1.54) is 5.69 Å². The maximum atomic E-state index is 4.31. The lowest BCUT2D eigenvalue weighted by Crippen LogP contribution is -2.32. The number of hydrazone groups is 1. The summed E-state index contributed by atoms with van der Waals surface area (Å²) >= 11 is 0. The molecule has 0 N–H and O–H groups in total. The summed E-state index contributed by atoms with van der Waals surface area (Å²) in [5, 5.41) is 14.5. The molecule has 1 heterocycles. The lowest BCUT2D eigenvalue weighted by atomic mass is 10.2. The minimum absolute atomic E-state index is 0.155. The van der Waals surface area contributed by atoms with E-state index in [9.17, 15) is 0 Å². The van der Waals surface area contributed by atoms with Crippen molar-refractivity contribution in [1.82, 2.24) is 9.91 Å². The number of anilines is 1. The smallest absolute Gasteiger partial charge is 0.233 e. The van der Waals surface area contributed by atoms with E-state index in [0.717, 1.165) is 18.8 Å². The van der Waals surface area contributed by atoms with Crippen molar-refractivity contribution in [1.29, 1.82) is 0 Å². The molecular weight excluding hydrogens is 252 g/mol. The van der Waals surface area contributed by atoms with Crippen LogP contribution in [0.25, 0.3) is 0 Å². The van der Waals surface area contributed by atoms with Gasteiger partial charge in [-0.05, 0) is 38.1 Å². The van der Waals surface area contributed by atoms with Crippen LogP contribution in [0.5, 0.6) is 0 Å². The van der Waals surface area contributed by atoms with Crippen molar-refractivity contribution in [2.75, 3.05) is 32.1 Å². The Morgan fingerprint density at radius 3 is 2.30 bits per heavy atom. The maximum Gasteiger partial charge on any atom is 0.233 e. The highest BCUT2D eigenvalue weighted by molar-refractivity contribution is 5.56. The van der Waals surface area contributed by atoms with Crippen molar-refractivity contribution in [3.63, 3.8) is 0 Å². The fourth-order valence-electron chi connectivity index (χ4n) is 2.14. The number of rotatable bonds is 5. The van der Waals surface area contributed by atoms with Crippen LogP contribution in [0, 0.1) is 0 Å². The Kier molecular flexibility index (Phi) is 4.55. The van der Waals surface area contributed by atoms with Crippen LogP contribution in [-0.2, 0) is 0 Å². The molecule has 6 heteroatoms. The van der Waals surface area contributed by atoms with Crippen molar-refractivity contribution >= 4 is 17.7 Å². The zero-order valence-electron chi connectivity index (χ0n) is 12.6. The van der Waals surface area contributed by atoms with Gasteiger partial charge in [-0.2, -0.15) is 10.2 Å². The molecule has 1 aliphatic rings. The van der Waals surface area contributed by atoms with E-state index < -0.39 is 0 Å². The van der Waals surface area contributed by atoms with E-state index >= 15 is 0 Å². The molecule has 20 heavy (non-hydrogen) atoms. The van der Waals surface area contributed by atoms with Crippen LogP contribution < -0.4 is 4.90 Å². The fourth-order valence-corrected chi connectivity index (χ4v) is 2.14. The zero-order valence-corrected chi connectivity index (χ0v) is 12.6. The molecule has 0 aliphatic carbocycles. The van der Waals surface area contributed by atoms with Crippen LogP contribution in [0.15, 0.2) is 39.6 Å². The molecule has 1 aromatic carbocycles. The topological polar surface area (TPSA) is 46.8 Å². The predicted molar refractivity (Wildman–Crippen MR) is 82.3 cm³/mol. The summed E-state index contributed by atoms with van der Waals surface area (Å²) in [7, 11) is 3.81. The van der Waals surface area contributed by atoms with Crippen LogP contribution in [0.1, 0.15) is 13.8 Å². The Bertz CT molecular complexity index is 465. The zero-order chi connectivity index (χ0) is 14.5. The minimum Gasteiger partial charge on any atom is -0.372 e. The third kappa shape index (κ3) is 3.07. The average molecular weight is 274 g/mol. The number of hydrogen-bond donors (Lipinski definition) is 0. The van der Waals surface area contributed by atoms with Crippen LogP contribution in [0.2, 0.25) is 0 Å². The van der Waals surface area contributed by atoms with E-state index in [1.807, 2.05) is 31.1 Å². The Morgan fingerprint density at radius 2 is 1.80 bits per heavy atom. The molecule has 1 aromatic rings. The molecule has 1 unspecified atom stereocenters. The van der Waals surface area contributed by atoms with Crippen molar-refractivity contribution in [3.05, 3.63) is 24.3 Å². The monoisotopic (exact) mass is 274 g/mol. The average Bonchev–Trinajstić information content (AvgIpc) is 2.78. The van der Waals surface area contributed by atoms with Crippen LogP contribution in [-0.4, -0.2) is 49.7 Å². The number of nitrogens with zero attached hydrogens (tertiary/aromatic N) is 6. The first-order chi connectivity index (χ1) is 9.65. The van der Waals surface area contributed by atoms with Crippen LogP contribution >= 0.6 is 0 Å². The van der Waals surface area contributed by atoms with Gasteiger partial charge < -0.3 is 9.80 Å². The molecule has 0 spiro atoms. The summed E-state index contributed by atoms with van der Waals surface area (Å²) in [5.74, 6) is 0. The molecular formula is C14H22N6. The standard InChI is InChI=1S/C14H22N6/c1-5-20(6-2)13-9-7-12(8-10-13)16-17-14-18(3)11-15-19(14)4/h7-11,14H,5-6H2,1-4H3. The van der Waals surface area contributed by atoms with Gasteiger partial charge >= 0.3 is 0 Å². The maximum absolute atomic E-state index is 4.31. The summed E-state index contributed by atoms with van der Waals surface area (Å²) in [6, 6.07) is 8.15. The lowest BCUT2D eigenvalue weighted by molar-refractivity contribution is 0.183. The third-order valence-electron chi connectivity index (χ3n) is 3.37. The highest BCUT2D eigenvalue weighted by Crippen LogP contribution is 2.21. The minimum atomic E-state index is -0.155. The second-order valence-electron chi connectivity index (χ2n) is 4.72. The summed E-state index contributed by atoms with van der Waals surface area (Å²) in [6.07, 6.45) is 1.59. The molecule has 1 aliphatic heterocycles. The van der Waals surface area contributed by atoms with Gasteiger partial charge in [0.15, 0.2) is 0 Å². The lowest BCUT2D eigenvalue weighted by Gasteiger charge is -2.21. The van der Waals surface area contributed by atoms with Crippen molar-refractivity contribution in [2.24, 2.45) is 15.3 Å². The molecule has 0 saturated heterocycles. The quantitative estimate of drug-likeness (QED) is 0.776. The van der Waals surface area contributed by atoms with Gasteiger partial charge in [0, 0.05) is 32.9 Å². The van der Waals surface area contributed by atoms with Gasteiger partial charge in [-0.3, -0.25) is 5.01 Å². The van der Waals surface area contributed by atoms with Gasteiger partial charge in [0.1, 0.15) is 6.34 Å². The molecule has 0 radical (unpaired) electrons. The summed E-state index contributed by atoms with van der Waals surface area (Å²) in [4.78, 5) is 4.21. The van der Waals surface area contributed by atoms with Gasteiger partial charge in [0.05, 0.1) is 5.69 Å². The second-order valence-corrected chi connectivity index (χ2v) is 4.72. The van der Waals surface area contributed by atoms with Crippen molar-refractivity contribution in [2.45, 2.75) is 20.1 Å². The molecule has 2 rings (SSSR count). The molecule has 6 nitrogen and oxygen atoms in total. The second kappa shape index (κ2) is 6.36. The Labute approximate surface area is 120 Å². The Morgan fingerprint density at radius 1 is 1.15 bits per heavy atom. The molecule has 108 valence electrons. The summed E-state index contributed by atoms with van der Waals surface area (Å²) in [6.45, 7) is 6.32. The normalized spacial score (nSPS) is 18.3. The highest BCUT2D eigenvalue weighted by atomic mass is 15.6. The summed E-state index contributed by atoms with van der Waals surface area (Å²) < 4.78 is 0. The van der Waals surface area contributed by atoms with E-state index in [4.69, 9.17) is 0 Å². The van der Waals surface area contributed by atoms with Gasteiger partial charge in [-0.1, -0.05) is 0 Å². The molecule has 1 atom stereocenters. The number of hydrogen-bond acceptors (Lipinski definition) is 6. The van der Waals surface area contributed by atoms with E-state index in [0.29, 0.717) is 0 Å². The molecule has 0 aromatic heterocycles. The molecule has 0 fully saturated rings.